The van der Waals surface area contributed by atoms with Gasteiger partial charge in [-0.15, -0.1) is 0 Å². The Morgan fingerprint density at radius 1 is 0.929 bits per heavy atom. The molecule has 0 unspecified atom stereocenters. The molecule has 1 aliphatic rings. The summed E-state index contributed by atoms with van der Waals surface area (Å²) in [6, 6.07) is 8.74. The number of hydrogen-bond acceptors (Lipinski definition) is 2. The van der Waals surface area contributed by atoms with Gasteiger partial charge in [0.15, 0.2) is 0 Å². The van der Waals surface area contributed by atoms with Crippen LogP contribution in [0.3, 0.4) is 0 Å². The molecule has 3 nitrogen and oxygen atoms in total. The van der Waals surface area contributed by atoms with E-state index in [1.54, 1.807) is 6.92 Å². The molecule has 1 aromatic rings. The quantitative estimate of drug-likeness (QED) is 0.378. The molecule has 28 heavy (non-hydrogen) atoms. The second-order valence-electron chi connectivity index (χ2n) is 9.42. The van der Waals surface area contributed by atoms with Gasteiger partial charge in [-0.2, -0.15) is 0 Å². The summed E-state index contributed by atoms with van der Waals surface area (Å²) in [7, 11) is 0. The largest absolute Gasteiger partial charge is 0.481 e. The number of benzene rings is 1. The number of Topliss-reactive ketones (excluding diaryl/α,β-unsaturated/α-hetero) is 1. The van der Waals surface area contributed by atoms with Crippen LogP contribution in [-0.2, 0) is 22.4 Å². The number of rotatable bonds is 14. The normalized spacial score (nSPS) is 15.4. The zero-order valence-corrected chi connectivity index (χ0v) is 18.1. The van der Waals surface area contributed by atoms with Crippen LogP contribution in [0.25, 0.3) is 0 Å². The maximum absolute atomic E-state index is 11.6. The van der Waals surface area contributed by atoms with Crippen LogP contribution in [0, 0.1) is 10.8 Å². The average molecular weight is 387 g/mol. The highest BCUT2D eigenvalue weighted by atomic mass is 16.4. The van der Waals surface area contributed by atoms with Crippen LogP contribution in [-0.4, -0.2) is 16.9 Å². The first kappa shape index (κ1) is 22.6. The third-order valence-corrected chi connectivity index (χ3v) is 6.73. The van der Waals surface area contributed by atoms with Crippen LogP contribution in [0.2, 0.25) is 0 Å². The predicted molar refractivity (Wildman–Crippen MR) is 115 cm³/mol. The van der Waals surface area contributed by atoms with Gasteiger partial charge in [0.25, 0.3) is 0 Å². The van der Waals surface area contributed by atoms with Crippen molar-refractivity contribution in [3.63, 3.8) is 0 Å². The van der Waals surface area contributed by atoms with E-state index in [1.807, 2.05) is 13.8 Å². The minimum atomic E-state index is -0.593. The Morgan fingerprint density at radius 3 is 1.93 bits per heavy atom. The van der Waals surface area contributed by atoms with Gasteiger partial charge >= 0.3 is 5.97 Å². The Labute approximate surface area is 170 Å². The molecule has 0 bridgehead atoms. The Balaban J connectivity index is 1.66. The lowest BCUT2D eigenvalue weighted by Gasteiger charge is -2.20. The molecule has 2 rings (SSSR count). The highest BCUT2D eigenvalue weighted by Crippen LogP contribution is 2.50. The summed E-state index contributed by atoms with van der Waals surface area (Å²) in [5.74, 6) is -0.307. The van der Waals surface area contributed by atoms with Gasteiger partial charge in [0.05, 0.1) is 5.41 Å². The van der Waals surface area contributed by atoms with Crippen molar-refractivity contribution in [3.05, 3.63) is 35.4 Å². The van der Waals surface area contributed by atoms with E-state index < -0.39 is 5.97 Å². The van der Waals surface area contributed by atoms with E-state index in [1.165, 1.54) is 24.0 Å². The molecule has 0 aromatic heterocycles. The molecule has 0 aliphatic heterocycles. The van der Waals surface area contributed by atoms with Crippen LogP contribution in [0.4, 0.5) is 0 Å². The minimum absolute atomic E-state index is 0.183. The molecule has 1 fully saturated rings. The highest BCUT2D eigenvalue weighted by molar-refractivity contribution is 5.81. The fourth-order valence-corrected chi connectivity index (χ4v) is 3.96. The number of carbonyl (C=O) groups is 2. The second kappa shape index (κ2) is 10.2. The summed E-state index contributed by atoms with van der Waals surface area (Å²) >= 11 is 0. The fourth-order valence-electron chi connectivity index (χ4n) is 3.96. The summed E-state index contributed by atoms with van der Waals surface area (Å²) < 4.78 is 0. The van der Waals surface area contributed by atoms with Gasteiger partial charge in [-0.05, 0) is 69.4 Å². The van der Waals surface area contributed by atoms with Gasteiger partial charge < -0.3 is 5.11 Å². The third-order valence-electron chi connectivity index (χ3n) is 6.73. The number of ketones is 1. The molecule has 0 amide bonds. The molecule has 1 aromatic carbocycles. The Bertz CT molecular complexity index is 611. The number of aliphatic carboxylic acids is 1. The number of carboxylic acid groups (broad SMARTS) is 1. The fraction of sp³-hybridized carbons (Fsp3) is 0.680. The number of unbranched alkanes of at least 4 members (excludes halogenated alkanes) is 4. The van der Waals surface area contributed by atoms with E-state index in [0.29, 0.717) is 0 Å². The minimum Gasteiger partial charge on any atom is -0.481 e. The standard InChI is InChI=1S/C25H38O3/c1-20(26)24(2,3)16-10-4-6-12-21-14-8-9-15-22(21)13-7-5-11-17-25(18-19-25)23(27)28/h8-9,14-15H,4-7,10-13,16-19H2,1-3H3,(H,27,28). The lowest BCUT2D eigenvalue weighted by molar-refractivity contribution is -0.143. The van der Waals surface area contributed by atoms with Crippen molar-refractivity contribution in [2.24, 2.45) is 10.8 Å². The topological polar surface area (TPSA) is 54.4 Å². The van der Waals surface area contributed by atoms with E-state index in [0.717, 1.165) is 64.2 Å². The van der Waals surface area contributed by atoms with Gasteiger partial charge in [0.2, 0.25) is 0 Å². The van der Waals surface area contributed by atoms with Gasteiger partial charge in [0, 0.05) is 5.41 Å². The molecule has 1 saturated carbocycles. The monoisotopic (exact) mass is 386 g/mol. The van der Waals surface area contributed by atoms with Crippen LogP contribution in [0.15, 0.2) is 24.3 Å². The maximum atomic E-state index is 11.6. The molecule has 0 saturated heterocycles. The molecule has 0 radical (unpaired) electrons. The molecular formula is C25H38O3. The number of hydrogen-bond donors (Lipinski definition) is 1. The highest BCUT2D eigenvalue weighted by Gasteiger charge is 2.49. The van der Waals surface area contributed by atoms with E-state index in [-0.39, 0.29) is 16.6 Å². The summed E-state index contributed by atoms with van der Waals surface area (Å²) in [6.07, 6.45) is 12.5. The predicted octanol–water partition coefficient (Wildman–Crippen LogP) is 6.37. The molecule has 0 spiro atoms. The van der Waals surface area contributed by atoms with Gasteiger partial charge in [0.1, 0.15) is 5.78 Å². The van der Waals surface area contributed by atoms with Crippen molar-refractivity contribution in [2.45, 2.75) is 97.8 Å². The summed E-state index contributed by atoms with van der Waals surface area (Å²) in [6.45, 7) is 5.79. The van der Waals surface area contributed by atoms with Crippen molar-refractivity contribution < 1.29 is 14.7 Å². The third kappa shape index (κ3) is 6.76. The Kier molecular flexibility index (Phi) is 8.27. The number of aryl methyl sites for hydroxylation is 2. The van der Waals surface area contributed by atoms with Gasteiger partial charge in [-0.1, -0.05) is 63.8 Å². The van der Waals surface area contributed by atoms with Gasteiger partial charge in [-0.3, -0.25) is 9.59 Å². The maximum Gasteiger partial charge on any atom is 0.309 e. The smallest absolute Gasteiger partial charge is 0.309 e. The summed E-state index contributed by atoms with van der Waals surface area (Å²) in [5.41, 5.74) is 2.36. The lowest BCUT2D eigenvalue weighted by Crippen LogP contribution is -2.20. The van der Waals surface area contributed by atoms with E-state index in [4.69, 9.17) is 0 Å². The molecule has 1 aliphatic carbocycles. The van der Waals surface area contributed by atoms with Crippen molar-refractivity contribution in [2.75, 3.05) is 0 Å². The lowest BCUT2D eigenvalue weighted by atomic mass is 9.83. The van der Waals surface area contributed by atoms with E-state index in [2.05, 4.69) is 24.3 Å². The molecular weight excluding hydrogens is 348 g/mol. The SMILES string of the molecule is CC(=O)C(C)(C)CCCCCc1ccccc1CCCCCC1(C(=O)O)CC1. The van der Waals surface area contributed by atoms with Crippen LogP contribution in [0.5, 0.6) is 0 Å². The molecule has 3 heteroatoms. The van der Waals surface area contributed by atoms with Crippen molar-refractivity contribution in [1.29, 1.82) is 0 Å². The second-order valence-corrected chi connectivity index (χ2v) is 9.42. The zero-order chi connectivity index (χ0) is 20.6. The van der Waals surface area contributed by atoms with Crippen LogP contribution >= 0.6 is 0 Å². The molecule has 1 N–H and O–H groups in total. The average Bonchev–Trinajstić information content (AvgIpc) is 3.43. The first-order chi connectivity index (χ1) is 13.3. The summed E-state index contributed by atoms with van der Waals surface area (Å²) in [5, 5.41) is 9.25. The van der Waals surface area contributed by atoms with E-state index in [9.17, 15) is 14.7 Å². The number of carboxylic acids is 1. The summed E-state index contributed by atoms with van der Waals surface area (Å²) in [4.78, 5) is 22.8. The molecule has 156 valence electrons. The van der Waals surface area contributed by atoms with E-state index >= 15 is 0 Å². The Hall–Kier alpha value is -1.64. The van der Waals surface area contributed by atoms with Crippen molar-refractivity contribution in [1.82, 2.24) is 0 Å². The molecule has 0 atom stereocenters. The van der Waals surface area contributed by atoms with Crippen molar-refractivity contribution in [3.8, 4) is 0 Å². The van der Waals surface area contributed by atoms with Crippen molar-refractivity contribution >= 4 is 11.8 Å². The molecule has 0 heterocycles. The Morgan fingerprint density at radius 2 is 1.46 bits per heavy atom. The zero-order valence-electron chi connectivity index (χ0n) is 18.1. The first-order valence-corrected chi connectivity index (χ1v) is 11.1. The van der Waals surface area contributed by atoms with Crippen LogP contribution < -0.4 is 0 Å². The van der Waals surface area contributed by atoms with Gasteiger partial charge in [-0.25, -0.2) is 0 Å². The number of carbonyl (C=O) groups excluding carboxylic acids is 1. The first-order valence-electron chi connectivity index (χ1n) is 11.1. The van der Waals surface area contributed by atoms with Crippen LogP contribution in [0.1, 0.15) is 96.1 Å².